The molecule has 0 aliphatic heterocycles. The van der Waals surface area contributed by atoms with Gasteiger partial charge in [-0.2, -0.15) is 0 Å². The van der Waals surface area contributed by atoms with Crippen LogP contribution in [0.5, 0.6) is 0 Å². The Bertz CT molecular complexity index is 413. The van der Waals surface area contributed by atoms with Gasteiger partial charge in [0.25, 0.3) is 0 Å². The highest BCUT2D eigenvalue weighted by Crippen LogP contribution is 2.41. The third-order valence-electron chi connectivity index (χ3n) is 3.47. The molecule has 0 radical (unpaired) electrons. The summed E-state index contributed by atoms with van der Waals surface area (Å²) in [5, 5.41) is 19.0. The van der Waals surface area contributed by atoms with Crippen LogP contribution in [-0.2, 0) is 10.2 Å². The molecule has 3 nitrogen and oxygen atoms in total. The van der Waals surface area contributed by atoms with E-state index in [1.165, 1.54) is 0 Å². The average molecular weight is 220 g/mol. The molecule has 1 saturated carbocycles. The molecule has 1 aromatic carbocycles. The zero-order valence-electron chi connectivity index (χ0n) is 9.31. The summed E-state index contributed by atoms with van der Waals surface area (Å²) in [5.74, 6) is -0.824. The molecule has 1 fully saturated rings. The van der Waals surface area contributed by atoms with E-state index in [1.54, 1.807) is 0 Å². The van der Waals surface area contributed by atoms with Crippen LogP contribution in [0.25, 0.3) is 0 Å². The van der Waals surface area contributed by atoms with Crippen molar-refractivity contribution in [1.82, 2.24) is 0 Å². The summed E-state index contributed by atoms with van der Waals surface area (Å²) in [5.41, 5.74) is 0.988. The standard InChI is InChI=1S/C13H16O3/c1-9-3-2-4-10(7-9)13(12(15)16)6-5-11(14)8-13/h2-4,7,11,14H,5-6,8H2,1H3,(H,15,16). The van der Waals surface area contributed by atoms with Crippen molar-refractivity contribution in [3.05, 3.63) is 35.4 Å². The topological polar surface area (TPSA) is 57.5 Å². The number of rotatable bonds is 2. The summed E-state index contributed by atoms with van der Waals surface area (Å²) >= 11 is 0. The summed E-state index contributed by atoms with van der Waals surface area (Å²) in [4.78, 5) is 11.5. The number of aliphatic hydroxyl groups is 1. The number of aryl methyl sites for hydroxylation is 1. The molecule has 0 aromatic heterocycles. The largest absolute Gasteiger partial charge is 0.481 e. The van der Waals surface area contributed by atoms with E-state index >= 15 is 0 Å². The second-order valence-electron chi connectivity index (χ2n) is 4.65. The molecule has 2 unspecified atom stereocenters. The first-order valence-electron chi connectivity index (χ1n) is 5.53. The van der Waals surface area contributed by atoms with Crippen molar-refractivity contribution < 1.29 is 15.0 Å². The van der Waals surface area contributed by atoms with Gasteiger partial charge in [-0.3, -0.25) is 4.79 Å². The van der Waals surface area contributed by atoms with E-state index in [9.17, 15) is 15.0 Å². The van der Waals surface area contributed by atoms with Gasteiger partial charge in [-0.05, 0) is 31.7 Å². The molecule has 16 heavy (non-hydrogen) atoms. The fourth-order valence-electron chi connectivity index (χ4n) is 2.54. The van der Waals surface area contributed by atoms with E-state index in [1.807, 2.05) is 31.2 Å². The minimum Gasteiger partial charge on any atom is -0.481 e. The molecule has 0 saturated heterocycles. The summed E-state index contributed by atoms with van der Waals surface area (Å²) in [7, 11) is 0. The first-order chi connectivity index (χ1) is 7.54. The third-order valence-corrected chi connectivity index (χ3v) is 3.47. The molecule has 2 rings (SSSR count). The van der Waals surface area contributed by atoms with E-state index in [4.69, 9.17) is 0 Å². The third kappa shape index (κ3) is 1.71. The van der Waals surface area contributed by atoms with Crippen LogP contribution in [-0.4, -0.2) is 22.3 Å². The van der Waals surface area contributed by atoms with Crippen LogP contribution >= 0.6 is 0 Å². The minimum atomic E-state index is -0.883. The minimum absolute atomic E-state index is 0.325. The Morgan fingerprint density at radius 1 is 1.50 bits per heavy atom. The van der Waals surface area contributed by atoms with Crippen LogP contribution in [0.15, 0.2) is 24.3 Å². The molecule has 1 aliphatic carbocycles. The maximum absolute atomic E-state index is 11.5. The van der Waals surface area contributed by atoms with Gasteiger partial charge in [-0.25, -0.2) is 0 Å². The van der Waals surface area contributed by atoms with Crippen LogP contribution in [0, 0.1) is 6.92 Å². The van der Waals surface area contributed by atoms with Gasteiger partial charge < -0.3 is 10.2 Å². The smallest absolute Gasteiger partial charge is 0.314 e. The van der Waals surface area contributed by atoms with Crippen molar-refractivity contribution in [1.29, 1.82) is 0 Å². The predicted molar refractivity (Wildman–Crippen MR) is 60.4 cm³/mol. The first-order valence-corrected chi connectivity index (χ1v) is 5.53. The maximum Gasteiger partial charge on any atom is 0.314 e. The number of hydrogen-bond donors (Lipinski definition) is 2. The summed E-state index contributed by atoms with van der Waals surface area (Å²) in [6, 6.07) is 7.58. The van der Waals surface area contributed by atoms with Crippen molar-refractivity contribution in [2.75, 3.05) is 0 Å². The van der Waals surface area contributed by atoms with Crippen molar-refractivity contribution in [3.8, 4) is 0 Å². The van der Waals surface area contributed by atoms with Crippen molar-refractivity contribution in [3.63, 3.8) is 0 Å². The van der Waals surface area contributed by atoms with E-state index in [2.05, 4.69) is 0 Å². The van der Waals surface area contributed by atoms with Gasteiger partial charge in [-0.1, -0.05) is 29.8 Å². The molecule has 1 aliphatic rings. The lowest BCUT2D eigenvalue weighted by atomic mass is 9.78. The van der Waals surface area contributed by atoms with Crippen molar-refractivity contribution in [2.24, 2.45) is 0 Å². The van der Waals surface area contributed by atoms with Crippen LogP contribution in [0.3, 0.4) is 0 Å². The van der Waals surface area contributed by atoms with Crippen molar-refractivity contribution in [2.45, 2.75) is 37.7 Å². The first kappa shape index (κ1) is 11.1. The number of carbonyl (C=O) groups is 1. The number of benzene rings is 1. The molecular formula is C13H16O3. The summed E-state index contributed by atoms with van der Waals surface area (Å²) < 4.78 is 0. The lowest BCUT2D eigenvalue weighted by Gasteiger charge is -2.24. The van der Waals surface area contributed by atoms with Gasteiger partial charge in [0.15, 0.2) is 0 Å². The Labute approximate surface area is 94.7 Å². The van der Waals surface area contributed by atoms with E-state index < -0.39 is 17.5 Å². The molecule has 0 bridgehead atoms. The number of aliphatic carboxylic acids is 1. The van der Waals surface area contributed by atoms with Gasteiger partial charge >= 0.3 is 5.97 Å². The van der Waals surface area contributed by atoms with Crippen molar-refractivity contribution >= 4 is 5.97 Å². The maximum atomic E-state index is 11.5. The fourth-order valence-corrected chi connectivity index (χ4v) is 2.54. The highest BCUT2D eigenvalue weighted by Gasteiger charge is 2.46. The second kappa shape index (κ2) is 3.91. The molecule has 1 aromatic rings. The van der Waals surface area contributed by atoms with Crippen LogP contribution < -0.4 is 0 Å². The quantitative estimate of drug-likeness (QED) is 0.799. The molecule has 0 heterocycles. The lowest BCUT2D eigenvalue weighted by molar-refractivity contribution is -0.144. The number of carboxylic acids is 1. The van der Waals surface area contributed by atoms with E-state index in [-0.39, 0.29) is 0 Å². The van der Waals surface area contributed by atoms with Gasteiger partial charge in [-0.15, -0.1) is 0 Å². The van der Waals surface area contributed by atoms with E-state index in [0.717, 1.165) is 11.1 Å². The molecule has 2 N–H and O–H groups in total. The van der Waals surface area contributed by atoms with Crippen LogP contribution in [0.4, 0.5) is 0 Å². The number of hydrogen-bond acceptors (Lipinski definition) is 2. The number of carboxylic acid groups (broad SMARTS) is 1. The van der Waals surface area contributed by atoms with Gasteiger partial charge in [0.1, 0.15) is 0 Å². The highest BCUT2D eigenvalue weighted by atomic mass is 16.4. The zero-order chi connectivity index (χ0) is 11.8. The Kier molecular flexibility index (Phi) is 2.72. The van der Waals surface area contributed by atoms with Gasteiger partial charge in [0.05, 0.1) is 11.5 Å². The lowest BCUT2D eigenvalue weighted by Crippen LogP contribution is -2.33. The molecule has 0 amide bonds. The Morgan fingerprint density at radius 3 is 2.75 bits per heavy atom. The fraction of sp³-hybridized carbons (Fsp3) is 0.462. The molecule has 3 heteroatoms. The van der Waals surface area contributed by atoms with Crippen LogP contribution in [0.1, 0.15) is 30.4 Å². The number of aliphatic hydroxyl groups excluding tert-OH is 1. The SMILES string of the molecule is Cc1cccc(C2(C(=O)O)CCC(O)C2)c1. The monoisotopic (exact) mass is 220 g/mol. The zero-order valence-corrected chi connectivity index (χ0v) is 9.31. The Morgan fingerprint density at radius 2 is 2.25 bits per heavy atom. The second-order valence-corrected chi connectivity index (χ2v) is 4.65. The van der Waals surface area contributed by atoms with Gasteiger partial charge in [0.2, 0.25) is 0 Å². The highest BCUT2D eigenvalue weighted by molar-refractivity contribution is 5.82. The molecule has 86 valence electrons. The Balaban J connectivity index is 2.45. The average Bonchev–Trinajstić information content (AvgIpc) is 2.62. The normalized spacial score (nSPS) is 29.2. The Hall–Kier alpha value is -1.35. The van der Waals surface area contributed by atoms with Crippen LogP contribution in [0.2, 0.25) is 0 Å². The summed E-state index contributed by atoms with van der Waals surface area (Å²) in [6.45, 7) is 1.95. The summed E-state index contributed by atoms with van der Waals surface area (Å²) in [6.07, 6.45) is 0.926. The molecule has 2 atom stereocenters. The predicted octanol–water partition coefficient (Wildman–Crippen LogP) is 1.86. The molecular weight excluding hydrogens is 204 g/mol. The van der Waals surface area contributed by atoms with Gasteiger partial charge in [0, 0.05) is 0 Å². The molecule has 0 spiro atoms. The van der Waals surface area contributed by atoms with E-state index in [0.29, 0.717) is 19.3 Å².